The highest BCUT2D eigenvalue weighted by atomic mass is 127. The van der Waals surface area contributed by atoms with E-state index < -0.39 is 0 Å². The molecule has 0 atom stereocenters. The quantitative estimate of drug-likeness (QED) is 0.237. The molecule has 1 heterocycles. The summed E-state index contributed by atoms with van der Waals surface area (Å²) in [5.41, 5.74) is 0. The van der Waals surface area contributed by atoms with Gasteiger partial charge in [0.25, 0.3) is 0 Å². The molecule has 0 spiro atoms. The van der Waals surface area contributed by atoms with Crippen molar-refractivity contribution < 1.29 is 4.74 Å². The van der Waals surface area contributed by atoms with Crippen molar-refractivity contribution in [2.45, 2.75) is 45.4 Å². The van der Waals surface area contributed by atoms with E-state index in [1.165, 1.54) is 45.3 Å². The largest absolute Gasteiger partial charge is 0.385 e. The van der Waals surface area contributed by atoms with E-state index in [2.05, 4.69) is 27.4 Å². The number of unbranched alkanes of at least 4 members (excludes halogenated alkanes) is 2. The number of nitrogens with one attached hydrogen (secondary N) is 2. The van der Waals surface area contributed by atoms with Crippen LogP contribution in [0, 0.1) is 5.92 Å². The van der Waals surface area contributed by atoms with E-state index in [1.807, 2.05) is 7.05 Å². The number of aliphatic imine (C=N–C) groups is 1. The minimum absolute atomic E-state index is 0. The molecule has 0 aromatic rings. The lowest BCUT2D eigenvalue weighted by atomic mass is 9.99. The third-order valence-electron chi connectivity index (χ3n) is 4.36. The van der Waals surface area contributed by atoms with Crippen LogP contribution >= 0.6 is 24.0 Å². The van der Waals surface area contributed by atoms with Crippen molar-refractivity contribution >= 4 is 29.9 Å². The summed E-state index contributed by atoms with van der Waals surface area (Å²) < 4.78 is 5.05. The van der Waals surface area contributed by atoms with E-state index in [9.17, 15) is 0 Å². The minimum atomic E-state index is 0. The van der Waals surface area contributed by atoms with Gasteiger partial charge in [-0.1, -0.05) is 6.92 Å². The zero-order valence-electron chi connectivity index (χ0n) is 15.3. The highest BCUT2D eigenvalue weighted by Gasteiger charge is 2.14. The molecule has 1 fully saturated rings. The number of rotatable bonds is 10. The fourth-order valence-electron chi connectivity index (χ4n) is 2.77. The Bertz CT molecular complexity index is 294. The summed E-state index contributed by atoms with van der Waals surface area (Å²) in [4.78, 5) is 6.86. The summed E-state index contributed by atoms with van der Waals surface area (Å²) in [5.74, 6) is 1.85. The standard InChI is InChI=1S/C17H36N4O.HI/c1-16-8-13-21(14-9-16)12-7-11-20-17(18-2)19-10-5-4-6-15-22-3;/h16H,4-15H2,1-3H3,(H2,18,19,20);1H. The number of ether oxygens (including phenoxy) is 1. The van der Waals surface area contributed by atoms with Gasteiger partial charge in [-0.25, -0.2) is 0 Å². The Hall–Kier alpha value is -0.0800. The molecule has 138 valence electrons. The second-order valence-corrected chi connectivity index (χ2v) is 6.36. The van der Waals surface area contributed by atoms with Gasteiger partial charge < -0.3 is 20.3 Å². The van der Waals surface area contributed by atoms with Crippen LogP contribution in [0.1, 0.15) is 45.4 Å². The van der Waals surface area contributed by atoms with Gasteiger partial charge in [0.05, 0.1) is 0 Å². The van der Waals surface area contributed by atoms with Crippen LogP contribution in [0.25, 0.3) is 0 Å². The molecule has 0 amide bonds. The number of halogens is 1. The van der Waals surface area contributed by atoms with Crippen molar-refractivity contribution in [2.24, 2.45) is 10.9 Å². The molecule has 0 aliphatic carbocycles. The van der Waals surface area contributed by atoms with Crippen LogP contribution in [0.3, 0.4) is 0 Å². The Labute approximate surface area is 160 Å². The highest BCUT2D eigenvalue weighted by molar-refractivity contribution is 14.0. The van der Waals surface area contributed by atoms with Crippen molar-refractivity contribution in [3.63, 3.8) is 0 Å². The topological polar surface area (TPSA) is 48.9 Å². The lowest BCUT2D eigenvalue weighted by Gasteiger charge is -2.30. The molecule has 1 saturated heterocycles. The van der Waals surface area contributed by atoms with Crippen molar-refractivity contribution in [1.29, 1.82) is 0 Å². The molecule has 1 aliphatic rings. The normalized spacial score (nSPS) is 16.9. The van der Waals surface area contributed by atoms with Crippen molar-refractivity contribution in [2.75, 3.05) is 53.5 Å². The molecular formula is C17H37IN4O. The first-order chi connectivity index (χ1) is 10.8. The number of likely N-dealkylation sites (tertiary alicyclic amines) is 1. The molecule has 5 nitrogen and oxygen atoms in total. The van der Waals surface area contributed by atoms with Crippen LogP contribution in [-0.4, -0.2) is 64.3 Å². The van der Waals surface area contributed by atoms with E-state index in [0.29, 0.717) is 0 Å². The number of nitrogens with zero attached hydrogens (tertiary/aromatic N) is 2. The first-order valence-corrected chi connectivity index (χ1v) is 8.92. The van der Waals surface area contributed by atoms with E-state index in [1.54, 1.807) is 7.11 Å². The summed E-state index contributed by atoms with van der Waals surface area (Å²) >= 11 is 0. The zero-order chi connectivity index (χ0) is 16.0. The van der Waals surface area contributed by atoms with Crippen molar-refractivity contribution in [3.8, 4) is 0 Å². The molecule has 0 aromatic heterocycles. The van der Waals surface area contributed by atoms with Gasteiger partial charge in [-0.3, -0.25) is 4.99 Å². The van der Waals surface area contributed by atoms with Gasteiger partial charge in [0, 0.05) is 33.9 Å². The molecule has 0 bridgehead atoms. The number of methoxy groups -OCH3 is 1. The Morgan fingerprint density at radius 2 is 1.74 bits per heavy atom. The van der Waals surface area contributed by atoms with Gasteiger partial charge in [-0.2, -0.15) is 0 Å². The summed E-state index contributed by atoms with van der Waals surface area (Å²) in [6, 6.07) is 0. The fraction of sp³-hybridized carbons (Fsp3) is 0.941. The van der Waals surface area contributed by atoms with Gasteiger partial charge in [0.2, 0.25) is 0 Å². The Balaban J connectivity index is 0.00000484. The monoisotopic (exact) mass is 440 g/mol. The molecule has 0 aromatic carbocycles. The van der Waals surface area contributed by atoms with Crippen LogP contribution in [0.15, 0.2) is 4.99 Å². The number of guanidine groups is 1. The summed E-state index contributed by atoms with van der Waals surface area (Å²) in [6.07, 6.45) is 7.41. The summed E-state index contributed by atoms with van der Waals surface area (Å²) in [6.45, 7) is 8.95. The number of piperidine rings is 1. The van der Waals surface area contributed by atoms with Crippen LogP contribution in [-0.2, 0) is 4.74 Å². The van der Waals surface area contributed by atoms with Gasteiger partial charge in [-0.15, -0.1) is 24.0 Å². The van der Waals surface area contributed by atoms with E-state index in [-0.39, 0.29) is 24.0 Å². The van der Waals surface area contributed by atoms with E-state index >= 15 is 0 Å². The molecule has 0 saturated carbocycles. The molecule has 23 heavy (non-hydrogen) atoms. The summed E-state index contributed by atoms with van der Waals surface area (Å²) in [5, 5.41) is 6.78. The smallest absolute Gasteiger partial charge is 0.190 e. The Kier molecular flexibility index (Phi) is 15.4. The highest BCUT2D eigenvalue weighted by Crippen LogP contribution is 2.15. The molecule has 0 unspecified atom stereocenters. The first-order valence-electron chi connectivity index (χ1n) is 8.92. The predicted octanol–water partition coefficient (Wildman–Crippen LogP) is 2.71. The second kappa shape index (κ2) is 15.4. The van der Waals surface area contributed by atoms with Crippen LogP contribution in [0.5, 0.6) is 0 Å². The third kappa shape index (κ3) is 12.0. The van der Waals surface area contributed by atoms with E-state index in [4.69, 9.17) is 4.74 Å². The number of hydrogen-bond acceptors (Lipinski definition) is 3. The van der Waals surface area contributed by atoms with Crippen LogP contribution in [0.2, 0.25) is 0 Å². The maximum atomic E-state index is 5.05. The Morgan fingerprint density at radius 3 is 2.35 bits per heavy atom. The van der Waals surface area contributed by atoms with Crippen LogP contribution in [0.4, 0.5) is 0 Å². The third-order valence-corrected chi connectivity index (χ3v) is 4.36. The lowest BCUT2D eigenvalue weighted by molar-refractivity contribution is 0.191. The average molecular weight is 440 g/mol. The Morgan fingerprint density at radius 1 is 1.09 bits per heavy atom. The SMILES string of the molecule is CN=C(NCCCCCOC)NCCCN1CCC(C)CC1.I. The molecular weight excluding hydrogens is 403 g/mol. The first kappa shape index (κ1) is 22.9. The van der Waals surface area contributed by atoms with Crippen molar-refractivity contribution in [1.82, 2.24) is 15.5 Å². The van der Waals surface area contributed by atoms with Gasteiger partial charge >= 0.3 is 0 Å². The molecule has 2 N–H and O–H groups in total. The maximum absolute atomic E-state index is 5.05. The maximum Gasteiger partial charge on any atom is 0.190 e. The number of hydrogen-bond donors (Lipinski definition) is 2. The molecule has 0 radical (unpaired) electrons. The lowest BCUT2D eigenvalue weighted by Crippen LogP contribution is -2.40. The zero-order valence-corrected chi connectivity index (χ0v) is 17.6. The van der Waals surface area contributed by atoms with Crippen molar-refractivity contribution in [3.05, 3.63) is 0 Å². The van der Waals surface area contributed by atoms with Gasteiger partial charge in [0.15, 0.2) is 5.96 Å². The molecule has 1 rings (SSSR count). The average Bonchev–Trinajstić information content (AvgIpc) is 2.54. The predicted molar refractivity (Wildman–Crippen MR) is 110 cm³/mol. The van der Waals surface area contributed by atoms with Gasteiger partial charge in [0.1, 0.15) is 0 Å². The fourth-order valence-corrected chi connectivity index (χ4v) is 2.77. The summed E-state index contributed by atoms with van der Waals surface area (Å²) in [7, 11) is 3.60. The van der Waals surface area contributed by atoms with Gasteiger partial charge in [-0.05, 0) is 64.1 Å². The second-order valence-electron chi connectivity index (χ2n) is 6.36. The molecule has 6 heteroatoms. The molecule has 1 aliphatic heterocycles. The minimum Gasteiger partial charge on any atom is -0.385 e. The van der Waals surface area contributed by atoms with Crippen LogP contribution < -0.4 is 10.6 Å². The van der Waals surface area contributed by atoms with E-state index in [0.717, 1.165) is 44.4 Å².